The monoisotopic (exact) mass is 464 g/mol. The Balaban J connectivity index is 1.21. The Morgan fingerprint density at radius 2 is 1.45 bits per heavy atom. The molecule has 1 N–H and O–H groups in total. The van der Waals surface area contributed by atoms with Crippen molar-refractivity contribution < 1.29 is 14.4 Å². The van der Waals surface area contributed by atoms with E-state index in [1.54, 1.807) is 29.2 Å². The molecule has 1 aliphatic carbocycles. The molecule has 2 aliphatic heterocycles. The predicted octanol–water partition coefficient (Wildman–Crippen LogP) is 2.79. The average Bonchev–Trinajstić information content (AvgIpc) is 2.85. The summed E-state index contributed by atoms with van der Waals surface area (Å²) in [5.74, 6) is -1.03. The first-order chi connectivity index (χ1) is 16.0. The predicted molar refractivity (Wildman–Crippen MR) is 130 cm³/mol. The zero-order valence-electron chi connectivity index (χ0n) is 18.6. The minimum absolute atomic E-state index is 0.214. The largest absolute Gasteiger partial charge is 0.360 e. The first-order valence-electron chi connectivity index (χ1n) is 11.7. The molecule has 0 radical (unpaired) electrons. The molecule has 33 heavy (non-hydrogen) atoms. The lowest BCUT2D eigenvalue weighted by Gasteiger charge is -2.38. The van der Waals surface area contributed by atoms with Gasteiger partial charge in [-0.25, -0.2) is 0 Å². The lowest BCUT2D eigenvalue weighted by Crippen LogP contribution is -2.56. The van der Waals surface area contributed by atoms with Crippen LogP contribution in [0.15, 0.2) is 36.4 Å². The van der Waals surface area contributed by atoms with Crippen LogP contribution in [0.4, 0.5) is 0 Å². The SMILES string of the molecule is O=C(CN1C(=O)c2cccc3cccc(c23)C1=O)N1CCN(C(=S)NC2CCCCC2)CC1. The van der Waals surface area contributed by atoms with Gasteiger partial charge in [-0.1, -0.05) is 43.5 Å². The number of rotatable bonds is 3. The third-order valence-corrected chi connectivity index (χ3v) is 7.38. The van der Waals surface area contributed by atoms with Crippen LogP contribution < -0.4 is 5.32 Å². The summed E-state index contributed by atoms with van der Waals surface area (Å²) in [6.07, 6.45) is 6.11. The summed E-state index contributed by atoms with van der Waals surface area (Å²) >= 11 is 5.60. The molecule has 172 valence electrons. The molecular weight excluding hydrogens is 436 g/mol. The van der Waals surface area contributed by atoms with E-state index < -0.39 is 11.8 Å². The number of amides is 3. The number of hydrogen-bond donors (Lipinski definition) is 1. The topological polar surface area (TPSA) is 73.0 Å². The van der Waals surface area contributed by atoms with Crippen LogP contribution in [-0.4, -0.2) is 76.3 Å². The Hall–Kier alpha value is -3.00. The van der Waals surface area contributed by atoms with E-state index >= 15 is 0 Å². The molecular formula is C25H28N4O3S. The highest BCUT2D eigenvalue weighted by Gasteiger charge is 2.35. The van der Waals surface area contributed by atoms with Gasteiger partial charge >= 0.3 is 0 Å². The fraction of sp³-hybridized carbons (Fsp3) is 0.440. The summed E-state index contributed by atoms with van der Waals surface area (Å²) in [5.41, 5.74) is 0.943. The van der Waals surface area contributed by atoms with Crippen molar-refractivity contribution in [2.24, 2.45) is 0 Å². The van der Waals surface area contributed by atoms with Crippen molar-refractivity contribution in [1.29, 1.82) is 0 Å². The van der Waals surface area contributed by atoms with Crippen LogP contribution >= 0.6 is 12.2 Å². The van der Waals surface area contributed by atoms with Gasteiger partial charge in [-0.15, -0.1) is 0 Å². The quantitative estimate of drug-likeness (QED) is 0.556. The van der Waals surface area contributed by atoms with E-state index in [-0.39, 0.29) is 12.5 Å². The number of benzene rings is 2. The second-order valence-corrected chi connectivity index (χ2v) is 9.44. The van der Waals surface area contributed by atoms with Gasteiger partial charge < -0.3 is 15.1 Å². The Bertz CT molecular complexity index is 1070. The first-order valence-corrected chi connectivity index (χ1v) is 12.1. The van der Waals surface area contributed by atoms with Gasteiger partial charge in [-0.05, 0) is 42.6 Å². The second kappa shape index (κ2) is 9.09. The first kappa shape index (κ1) is 21.8. The van der Waals surface area contributed by atoms with Crippen molar-refractivity contribution in [2.45, 2.75) is 38.1 Å². The molecule has 2 fully saturated rings. The van der Waals surface area contributed by atoms with Crippen molar-refractivity contribution in [2.75, 3.05) is 32.7 Å². The highest BCUT2D eigenvalue weighted by molar-refractivity contribution is 7.80. The van der Waals surface area contributed by atoms with E-state index in [0.717, 1.165) is 28.2 Å². The molecule has 0 aromatic heterocycles. The van der Waals surface area contributed by atoms with Crippen molar-refractivity contribution in [3.05, 3.63) is 47.5 Å². The Kier molecular flexibility index (Phi) is 6.01. The molecule has 0 bridgehead atoms. The van der Waals surface area contributed by atoms with Crippen molar-refractivity contribution in [1.82, 2.24) is 20.0 Å². The van der Waals surface area contributed by atoms with Crippen LogP contribution in [0.5, 0.6) is 0 Å². The van der Waals surface area contributed by atoms with Gasteiger partial charge in [0.2, 0.25) is 5.91 Å². The molecule has 2 aromatic rings. The molecule has 0 unspecified atom stereocenters. The average molecular weight is 465 g/mol. The van der Waals surface area contributed by atoms with Crippen LogP contribution in [0.2, 0.25) is 0 Å². The molecule has 1 saturated carbocycles. The number of carbonyl (C=O) groups is 3. The normalized spacial score (nSPS) is 19.2. The number of nitrogens with one attached hydrogen (secondary N) is 1. The van der Waals surface area contributed by atoms with Crippen LogP contribution in [0.1, 0.15) is 52.8 Å². The minimum Gasteiger partial charge on any atom is -0.360 e. The maximum atomic E-state index is 13.1. The molecule has 5 rings (SSSR count). The van der Waals surface area contributed by atoms with Gasteiger partial charge in [0.05, 0.1) is 0 Å². The fourth-order valence-electron chi connectivity index (χ4n) is 5.13. The van der Waals surface area contributed by atoms with Crippen LogP contribution in [0, 0.1) is 0 Å². The van der Waals surface area contributed by atoms with E-state index in [1.807, 2.05) is 12.1 Å². The minimum atomic E-state index is -0.408. The van der Waals surface area contributed by atoms with Crippen LogP contribution in [-0.2, 0) is 4.79 Å². The molecule has 8 heteroatoms. The summed E-state index contributed by atoms with van der Waals surface area (Å²) in [4.78, 5) is 44.1. The number of carbonyl (C=O) groups excluding carboxylic acids is 3. The van der Waals surface area contributed by atoms with Gasteiger partial charge in [-0.3, -0.25) is 19.3 Å². The Labute approximate surface area is 198 Å². The second-order valence-electron chi connectivity index (χ2n) is 9.06. The maximum absolute atomic E-state index is 13.1. The third-order valence-electron chi connectivity index (χ3n) is 7.00. The number of hydrogen-bond acceptors (Lipinski definition) is 4. The summed E-state index contributed by atoms with van der Waals surface area (Å²) in [7, 11) is 0. The number of thiocarbonyl (C=S) groups is 1. The lowest BCUT2D eigenvalue weighted by molar-refractivity contribution is -0.132. The van der Waals surface area contributed by atoms with Crippen LogP contribution in [0.3, 0.4) is 0 Å². The van der Waals surface area contributed by atoms with Gasteiger partial charge in [-0.2, -0.15) is 0 Å². The molecule has 0 spiro atoms. The molecule has 2 heterocycles. The maximum Gasteiger partial charge on any atom is 0.261 e. The van der Waals surface area contributed by atoms with E-state index in [2.05, 4.69) is 10.2 Å². The zero-order chi connectivity index (χ0) is 22.9. The summed E-state index contributed by atoms with van der Waals surface area (Å²) in [6.45, 7) is 2.09. The van der Waals surface area contributed by atoms with E-state index in [0.29, 0.717) is 48.7 Å². The summed E-state index contributed by atoms with van der Waals surface area (Å²) in [6, 6.07) is 11.3. The molecule has 7 nitrogen and oxygen atoms in total. The van der Waals surface area contributed by atoms with Crippen molar-refractivity contribution in [3.8, 4) is 0 Å². The number of imide groups is 1. The lowest BCUT2D eigenvalue weighted by atomic mass is 9.94. The smallest absolute Gasteiger partial charge is 0.261 e. The molecule has 2 aromatic carbocycles. The van der Waals surface area contributed by atoms with E-state index in [1.165, 1.54) is 19.3 Å². The van der Waals surface area contributed by atoms with Gasteiger partial charge in [0.1, 0.15) is 6.54 Å². The Morgan fingerprint density at radius 1 is 0.879 bits per heavy atom. The highest BCUT2D eigenvalue weighted by atomic mass is 32.1. The number of piperazine rings is 1. The third kappa shape index (κ3) is 4.19. The van der Waals surface area contributed by atoms with Crippen molar-refractivity contribution >= 4 is 45.8 Å². The van der Waals surface area contributed by atoms with Gasteiger partial charge in [0.25, 0.3) is 11.8 Å². The standard InChI is InChI=1S/C25H28N4O3S/c30-21(27-12-14-28(15-13-27)25(33)26-18-8-2-1-3-9-18)16-29-23(31)19-10-4-6-17-7-5-11-20(22(17)19)24(29)32/h4-7,10-11,18H,1-3,8-9,12-16H2,(H,26,33). The van der Waals surface area contributed by atoms with Gasteiger partial charge in [0, 0.05) is 48.7 Å². The number of nitrogens with zero attached hydrogens (tertiary/aromatic N) is 3. The summed E-state index contributed by atoms with van der Waals surface area (Å²) in [5, 5.41) is 5.78. The fourth-order valence-corrected chi connectivity index (χ4v) is 5.48. The van der Waals surface area contributed by atoms with Crippen molar-refractivity contribution in [3.63, 3.8) is 0 Å². The zero-order valence-corrected chi connectivity index (χ0v) is 19.4. The van der Waals surface area contributed by atoms with Crippen LogP contribution in [0.25, 0.3) is 10.8 Å². The summed E-state index contributed by atoms with van der Waals surface area (Å²) < 4.78 is 0. The Morgan fingerprint density at radius 3 is 2.06 bits per heavy atom. The molecule has 0 atom stereocenters. The molecule has 3 amide bonds. The molecule has 1 saturated heterocycles. The highest BCUT2D eigenvalue weighted by Crippen LogP contribution is 2.30. The van der Waals surface area contributed by atoms with E-state index in [9.17, 15) is 14.4 Å². The molecule has 3 aliphatic rings. The van der Waals surface area contributed by atoms with Gasteiger partial charge in [0.15, 0.2) is 5.11 Å². The van der Waals surface area contributed by atoms with E-state index in [4.69, 9.17) is 12.2 Å².